The zero-order valence-electron chi connectivity index (χ0n) is 10.6. The number of nitrogens with one attached hydrogen (secondary N) is 1. The summed E-state index contributed by atoms with van der Waals surface area (Å²) in [7, 11) is -3.89. The number of anilines is 1. The van der Waals surface area contributed by atoms with E-state index in [0.29, 0.717) is 6.61 Å². The van der Waals surface area contributed by atoms with Gasteiger partial charge in [-0.25, -0.2) is 17.5 Å². The Hall–Kier alpha value is -1.44. The maximum atomic E-state index is 13.5. The summed E-state index contributed by atoms with van der Waals surface area (Å²) in [6.45, 7) is 6.04. The number of ether oxygens (including phenoxy) is 1. The van der Waals surface area contributed by atoms with Crippen LogP contribution in [0.2, 0.25) is 0 Å². The molecule has 0 radical (unpaired) electrons. The number of rotatable bonds is 7. The van der Waals surface area contributed by atoms with Crippen molar-refractivity contribution < 1.29 is 17.5 Å². The Morgan fingerprint density at radius 1 is 1.53 bits per heavy atom. The van der Waals surface area contributed by atoms with Gasteiger partial charge in [-0.05, 0) is 25.1 Å². The third-order valence-corrected chi connectivity index (χ3v) is 3.63. The van der Waals surface area contributed by atoms with Gasteiger partial charge < -0.3 is 10.5 Å². The minimum atomic E-state index is -3.89. The van der Waals surface area contributed by atoms with Gasteiger partial charge in [0.15, 0.2) is 0 Å². The molecule has 19 heavy (non-hydrogen) atoms. The Morgan fingerprint density at radius 3 is 2.79 bits per heavy atom. The molecule has 0 heterocycles. The molecule has 1 rings (SSSR count). The Morgan fingerprint density at radius 2 is 2.21 bits per heavy atom. The van der Waals surface area contributed by atoms with Gasteiger partial charge in [-0.15, -0.1) is 0 Å². The van der Waals surface area contributed by atoms with E-state index in [1.807, 2.05) is 0 Å². The molecular weight excluding hydrogens is 271 g/mol. The van der Waals surface area contributed by atoms with E-state index in [1.165, 1.54) is 6.07 Å². The predicted octanol–water partition coefficient (Wildman–Crippen LogP) is 1.28. The van der Waals surface area contributed by atoms with Crippen LogP contribution in [0.3, 0.4) is 0 Å². The molecule has 1 aromatic carbocycles. The largest absolute Gasteiger partial charge is 0.399 e. The van der Waals surface area contributed by atoms with Crippen LogP contribution in [0, 0.1) is 5.82 Å². The lowest BCUT2D eigenvalue weighted by molar-refractivity contribution is 0.162. The monoisotopic (exact) mass is 288 g/mol. The highest BCUT2D eigenvalue weighted by molar-refractivity contribution is 7.89. The third kappa shape index (κ3) is 4.98. The summed E-state index contributed by atoms with van der Waals surface area (Å²) in [6.07, 6.45) is 0. The number of benzene rings is 1. The lowest BCUT2D eigenvalue weighted by Gasteiger charge is -2.08. The van der Waals surface area contributed by atoms with Crippen LogP contribution in [-0.4, -0.2) is 28.2 Å². The van der Waals surface area contributed by atoms with Crippen LogP contribution >= 0.6 is 0 Å². The topological polar surface area (TPSA) is 81.4 Å². The summed E-state index contributed by atoms with van der Waals surface area (Å²) in [5, 5.41) is 0. The number of halogens is 1. The normalized spacial score (nSPS) is 11.5. The zero-order chi connectivity index (χ0) is 14.5. The number of hydrogen-bond donors (Lipinski definition) is 2. The first kappa shape index (κ1) is 15.6. The zero-order valence-corrected chi connectivity index (χ0v) is 11.5. The highest BCUT2D eigenvalue weighted by atomic mass is 32.2. The number of nitrogens with two attached hydrogens (primary N) is 1. The second-order valence-electron chi connectivity index (χ2n) is 4.10. The molecule has 0 fully saturated rings. The molecule has 106 valence electrons. The van der Waals surface area contributed by atoms with Gasteiger partial charge >= 0.3 is 0 Å². The van der Waals surface area contributed by atoms with Gasteiger partial charge in [0, 0.05) is 12.2 Å². The van der Waals surface area contributed by atoms with E-state index in [2.05, 4.69) is 11.3 Å². The van der Waals surface area contributed by atoms with Gasteiger partial charge in [0.25, 0.3) is 0 Å². The summed E-state index contributed by atoms with van der Waals surface area (Å²) in [5.74, 6) is -0.879. The highest BCUT2D eigenvalue weighted by Gasteiger charge is 2.18. The minimum absolute atomic E-state index is 0.0550. The smallest absolute Gasteiger partial charge is 0.243 e. The van der Waals surface area contributed by atoms with E-state index < -0.39 is 20.7 Å². The molecular formula is C12H17FN2O3S. The molecule has 0 bridgehead atoms. The molecule has 0 aliphatic carbocycles. The van der Waals surface area contributed by atoms with Crippen LogP contribution in [0.5, 0.6) is 0 Å². The molecule has 0 amide bonds. The Labute approximate surface area is 112 Å². The van der Waals surface area contributed by atoms with E-state index in [9.17, 15) is 12.8 Å². The molecule has 3 N–H and O–H groups in total. The summed E-state index contributed by atoms with van der Waals surface area (Å²) < 4.78 is 44.5. The molecule has 0 atom stereocenters. The molecule has 0 saturated heterocycles. The van der Waals surface area contributed by atoms with Crippen molar-refractivity contribution in [2.45, 2.75) is 11.8 Å². The average molecular weight is 288 g/mol. The minimum Gasteiger partial charge on any atom is -0.399 e. The van der Waals surface area contributed by atoms with E-state index in [0.717, 1.165) is 17.7 Å². The summed E-state index contributed by atoms with van der Waals surface area (Å²) >= 11 is 0. The number of nitrogen functional groups attached to an aromatic ring is 1. The average Bonchev–Trinajstić information content (AvgIpc) is 2.27. The fraction of sp³-hybridized carbons (Fsp3) is 0.333. The molecule has 0 aliphatic heterocycles. The molecule has 1 aromatic rings. The SMILES string of the molecule is C=C(C)COCCNS(=O)(=O)c1ccc(N)cc1F. The maximum absolute atomic E-state index is 13.5. The Bertz CT molecular complexity index is 558. The van der Waals surface area contributed by atoms with Crippen molar-refractivity contribution in [3.05, 3.63) is 36.2 Å². The molecule has 5 nitrogen and oxygen atoms in total. The van der Waals surface area contributed by atoms with Crippen LogP contribution in [0.25, 0.3) is 0 Å². The molecule has 7 heteroatoms. The van der Waals surface area contributed by atoms with Gasteiger partial charge in [0.05, 0.1) is 13.2 Å². The molecule has 0 saturated carbocycles. The third-order valence-electron chi connectivity index (χ3n) is 2.13. The second-order valence-corrected chi connectivity index (χ2v) is 5.83. The van der Waals surface area contributed by atoms with Crippen LogP contribution in [-0.2, 0) is 14.8 Å². The first-order chi connectivity index (χ1) is 8.83. The van der Waals surface area contributed by atoms with Crippen LogP contribution in [0.1, 0.15) is 6.92 Å². The predicted molar refractivity (Wildman–Crippen MR) is 71.6 cm³/mol. The summed E-state index contributed by atoms with van der Waals surface area (Å²) in [6, 6.07) is 3.42. The molecule has 0 aromatic heterocycles. The quantitative estimate of drug-likeness (QED) is 0.450. The van der Waals surface area contributed by atoms with Crippen molar-refractivity contribution in [1.29, 1.82) is 0 Å². The highest BCUT2D eigenvalue weighted by Crippen LogP contribution is 2.16. The van der Waals surface area contributed by atoms with E-state index in [4.69, 9.17) is 10.5 Å². The van der Waals surface area contributed by atoms with Crippen molar-refractivity contribution in [2.24, 2.45) is 0 Å². The van der Waals surface area contributed by atoms with Crippen LogP contribution in [0.4, 0.5) is 10.1 Å². The van der Waals surface area contributed by atoms with E-state index in [1.54, 1.807) is 6.92 Å². The van der Waals surface area contributed by atoms with Crippen molar-refractivity contribution in [3.63, 3.8) is 0 Å². The summed E-state index contributed by atoms with van der Waals surface area (Å²) in [4.78, 5) is -0.429. The first-order valence-electron chi connectivity index (χ1n) is 5.60. The van der Waals surface area contributed by atoms with Gasteiger partial charge in [-0.3, -0.25) is 0 Å². The molecule has 0 unspecified atom stereocenters. The van der Waals surface area contributed by atoms with Crippen LogP contribution < -0.4 is 10.5 Å². The van der Waals surface area contributed by atoms with Crippen molar-refractivity contribution in [1.82, 2.24) is 4.72 Å². The Balaban J connectivity index is 2.59. The molecule has 0 aliphatic rings. The molecule has 0 spiro atoms. The fourth-order valence-electron chi connectivity index (χ4n) is 1.31. The van der Waals surface area contributed by atoms with E-state index in [-0.39, 0.29) is 18.8 Å². The standard InChI is InChI=1S/C12H17FN2O3S/c1-9(2)8-18-6-5-15-19(16,17)12-4-3-10(14)7-11(12)13/h3-4,7,15H,1,5-6,8,14H2,2H3. The van der Waals surface area contributed by atoms with Crippen molar-refractivity contribution in [2.75, 3.05) is 25.5 Å². The van der Waals surface area contributed by atoms with Crippen molar-refractivity contribution in [3.8, 4) is 0 Å². The fourth-order valence-corrected chi connectivity index (χ4v) is 2.38. The Kier molecular flexibility index (Phi) is 5.46. The van der Waals surface area contributed by atoms with Gasteiger partial charge in [0.1, 0.15) is 10.7 Å². The van der Waals surface area contributed by atoms with Gasteiger partial charge in [-0.2, -0.15) is 0 Å². The number of hydrogen-bond acceptors (Lipinski definition) is 4. The lowest BCUT2D eigenvalue weighted by atomic mass is 10.3. The lowest BCUT2D eigenvalue weighted by Crippen LogP contribution is -2.28. The van der Waals surface area contributed by atoms with Gasteiger partial charge in [-0.1, -0.05) is 12.2 Å². The maximum Gasteiger partial charge on any atom is 0.243 e. The summed E-state index contributed by atoms with van der Waals surface area (Å²) in [5.41, 5.74) is 6.36. The number of sulfonamides is 1. The first-order valence-corrected chi connectivity index (χ1v) is 7.08. The van der Waals surface area contributed by atoms with E-state index >= 15 is 0 Å². The second kappa shape index (κ2) is 6.65. The van der Waals surface area contributed by atoms with Gasteiger partial charge in [0.2, 0.25) is 10.0 Å². The van der Waals surface area contributed by atoms with Crippen molar-refractivity contribution >= 4 is 15.7 Å². The van der Waals surface area contributed by atoms with Crippen LogP contribution in [0.15, 0.2) is 35.2 Å².